The Morgan fingerprint density at radius 1 is 0.818 bits per heavy atom. The first kappa shape index (κ1) is 19.2. The molecular formula is C20H36NO+. The summed E-state index contributed by atoms with van der Waals surface area (Å²) in [7, 11) is 0. The first-order valence-electron chi connectivity index (χ1n) is 9.28. The standard InChI is InChI=1S/C20H36NO/c1-4-5-6-7-8-9-10-11-12-13-16-22-18-21-15-14-19(2)20(3)17-21/h14-15,17H,4-13,16,18H2,1-3H3/q+1. The second kappa shape index (κ2) is 12.6. The highest BCUT2D eigenvalue weighted by Gasteiger charge is 2.02. The number of aryl methyl sites for hydroxylation is 2. The molecule has 0 fully saturated rings. The zero-order valence-electron chi connectivity index (χ0n) is 15.1. The molecule has 0 aliphatic rings. The number of hydrogen-bond acceptors (Lipinski definition) is 1. The molecule has 126 valence electrons. The molecule has 0 amide bonds. The van der Waals surface area contributed by atoms with Gasteiger partial charge in [-0.2, -0.15) is 4.57 Å². The lowest BCUT2D eigenvalue weighted by Crippen LogP contribution is -2.35. The minimum atomic E-state index is 0.679. The summed E-state index contributed by atoms with van der Waals surface area (Å²) in [6.45, 7) is 8.13. The molecule has 0 N–H and O–H groups in total. The molecule has 0 aliphatic carbocycles. The Morgan fingerprint density at radius 2 is 1.41 bits per heavy atom. The molecule has 1 rings (SSSR count). The number of nitrogens with zero attached hydrogens (tertiary/aromatic N) is 1. The molecule has 0 saturated carbocycles. The first-order chi connectivity index (χ1) is 10.7. The number of rotatable bonds is 13. The second-order valence-corrected chi connectivity index (χ2v) is 6.54. The Bertz CT molecular complexity index is 389. The normalized spacial score (nSPS) is 11.0. The summed E-state index contributed by atoms with van der Waals surface area (Å²) in [6.07, 6.45) is 18.0. The van der Waals surface area contributed by atoms with E-state index < -0.39 is 0 Å². The van der Waals surface area contributed by atoms with E-state index in [4.69, 9.17) is 4.74 Å². The maximum atomic E-state index is 5.75. The van der Waals surface area contributed by atoms with Crippen LogP contribution in [-0.4, -0.2) is 6.61 Å². The van der Waals surface area contributed by atoms with Crippen molar-refractivity contribution < 1.29 is 9.30 Å². The second-order valence-electron chi connectivity index (χ2n) is 6.54. The van der Waals surface area contributed by atoms with Crippen LogP contribution in [0.4, 0.5) is 0 Å². The molecule has 0 unspecified atom stereocenters. The topological polar surface area (TPSA) is 13.1 Å². The van der Waals surface area contributed by atoms with Gasteiger partial charge in [-0.15, -0.1) is 0 Å². The average molecular weight is 307 g/mol. The van der Waals surface area contributed by atoms with Crippen LogP contribution in [0.2, 0.25) is 0 Å². The minimum Gasteiger partial charge on any atom is -0.323 e. The summed E-state index contributed by atoms with van der Waals surface area (Å²) in [5, 5.41) is 0. The third kappa shape index (κ3) is 9.19. The van der Waals surface area contributed by atoms with E-state index in [1.54, 1.807) is 0 Å². The van der Waals surface area contributed by atoms with Gasteiger partial charge < -0.3 is 4.74 Å². The highest BCUT2D eigenvalue weighted by atomic mass is 16.5. The van der Waals surface area contributed by atoms with Gasteiger partial charge in [-0.05, 0) is 25.8 Å². The zero-order valence-corrected chi connectivity index (χ0v) is 15.1. The lowest BCUT2D eigenvalue weighted by Gasteiger charge is -2.04. The van der Waals surface area contributed by atoms with E-state index in [9.17, 15) is 0 Å². The van der Waals surface area contributed by atoms with E-state index in [2.05, 4.69) is 43.8 Å². The third-order valence-corrected chi connectivity index (χ3v) is 4.38. The zero-order chi connectivity index (χ0) is 16.0. The van der Waals surface area contributed by atoms with Crippen LogP contribution in [0.5, 0.6) is 0 Å². The summed E-state index contributed by atoms with van der Waals surface area (Å²) in [5.74, 6) is 0. The quantitative estimate of drug-likeness (QED) is 0.347. The van der Waals surface area contributed by atoms with E-state index in [1.807, 2.05) is 0 Å². The van der Waals surface area contributed by atoms with Crippen LogP contribution in [-0.2, 0) is 11.5 Å². The molecule has 1 aromatic heterocycles. The molecule has 0 atom stereocenters. The molecule has 2 heteroatoms. The van der Waals surface area contributed by atoms with Crippen molar-refractivity contribution in [2.45, 2.75) is 91.7 Å². The molecule has 0 aromatic carbocycles. The molecule has 0 aliphatic heterocycles. The Morgan fingerprint density at radius 3 is 2.00 bits per heavy atom. The maximum absolute atomic E-state index is 5.75. The van der Waals surface area contributed by atoms with Crippen molar-refractivity contribution in [2.24, 2.45) is 0 Å². The molecule has 1 aromatic rings. The average Bonchev–Trinajstić information content (AvgIpc) is 2.52. The summed E-state index contributed by atoms with van der Waals surface area (Å²) in [5.41, 5.74) is 2.66. The van der Waals surface area contributed by atoms with Gasteiger partial charge in [-0.3, -0.25) is 0 Å². The third-order valence-electron chi connectivity index (χ3n) is 4.38. The Hall–Kier alpha value is -0.890. The van der Waals surface area contributed by atoms with Crippen molar-refractivity contribution in [3.8, 4) is 0 Å². The van der Waals surface area contributed by atoms with Crippen molar-refractivity contribution in [3.05, 3.63) is 29.6 Å². The summed E-state index contributed by atoms with van der Waals surface area (Å²) >= 11 is 0. The molecule has 1 heterocycles. The summed E-state index contributed by atoms with van der Waals surface area (Å²) in [4.78, 5) is 0. The SMILES string of the molecule is CCCCCCCCCCCCOC[n+]1ccc(C)c(C)c1. The molecule has 0 bridgehead atoms. The van der Waals surface area contributed by atoms with Crippen LogP contribution in [0.3, 0.4) is 0 Å². The van der Waals surface area contributed by atoms with Crippen LogP contribution in [0, 0.1) is 13.8 Å². The number of aromatic nitrogens is 1. The van der Waals surface area contributed by atoms with E-state index >= 15 is 0 Å². The van der Waals surface area contributed by atoms with Crippen LogP contribution in [0.25, 0.3) is 0 Å². The van der Waals surface area contributed by atoms with Gasteiger partial charge in [0.15, 0.2) is 12.4 Å². The maximum Gasteiger partial charge on any atom is 0.252 e. The number of pyridine rings is 1. The molecular weight excluding hydrogens is 270 g/mol. The first-order valence-corrected chi connectivity index (χ1v) is 9.28. The Labute approximate surface area is 137 Å². The highest BCUT2D eigenvalue weighted by Crippen LogP contribution is 2.10. The molecule has 0 radical (unpaired) electrons. The monoisotopic (exact) mass is 306 g/mol. The van der Waals surface area contributed by atoms with Crippen molar-refractivity contribution in [1.82, 2.24) is 0 Å². The van der Waals surface area contributed by atoms with Crippen molar-refractivity contribution in [2.75, 3.05) is 6.61 Å². The predicted octanol–water partition coefficient (Wildman–Crippen LogP) is 5.49. The van der Waals surface area contributed by atoms with Gasteiger partial charge in [0.1, 0.15) is 0 Å². The molecule has 22 heavy (non-hydrogen) atoms. The van der Waals surface area contributed by atoms with Gasteiger partial charge in [0, 0.05) is 11.6 Å². The lowest BCUT2D eigenvalue weighted by molar-refractivity contribution is -0.733. The highest BCUT2D eigenvalue weighted by molar-refractivity contribution is 5.16. The smallest absolute Gasteiger partial charge is 0.252 e. The predicted molar refractivity (Wildman–Crippen MR) is 93.9 cm³/mol. The Balaban J connectivity index is 1.88. The van der Waals surface area contributed by atoms with E-state index in [1.165, 1.54) is 75.3 Å². The minimum absolute atomic E-state index is 0.679. The summed E-state index contributed by atoms with van der Waals surface area (Å²) in [6, 6.07) is 2.15. The van der Waals surface area contributed by atoms with Crippen LogP contribution >= 0.6 is 0 Å². The van der Waals surface area contributed by atoms with Crippen molar-refractivity contribution >= 4 is 0 Å². The summed E-state index contributed by atoms with van der Waals surface area (Å²) < 4.78 is 7.87. The van der Waals surface area contributed by atoms with Gasteiger partial charge in [-0.1, -0.05) is 64.7 Å². The Kier molecular flexibility index (Phi) is 11.0. The van der Waals surface area contributed by atoms with E-state index in [0.717, 1.165) is 6.61 Å². The van der Waals surface area contributed by atoms with Crippen LogP contribution in [0.15, 0.2) is 18.5 Å². The van der Waals surface area contributed by atoms with Gasteiger partial charge in [-0.25, -0.2) is 0 Å². The van der Waals surface area contributed by atoms with Gasteiger partial charge >= 0.3 is 0 Å². The number of hydrogen-bond donors (Lipinski definition) is 0. The molecule has 0 spiro atoms. The van der Waals surface area contributed by atoms with Crippen molar-refractivity contribution in [1.29, 1.82) is 0 Å². The van der Waals surface area contributed by atoms with Gasteiger partial charge in [0.2, 0.25) is 0 Å². The van der Waals surface area contributed by atoms with E-state index in [0.29, 0.717) is 6.73 Å². The van der Waals surface area contributed by atoms with Gasteiger partial charge in [0.05, 0.1) is 6.61 Å². The van der Waals surface area contributed by atoms with Crippen LogP contribution < -0.4 is 4.57 Å². The van der Waals surface area contributed by atoms with Crippen LogP contribution in [0.1, 0.15) is 82.3 Å². The number of ether oxygens (including phenoxy) is 1. The van der Waals surface area contributed by atoms with Gasteiger partial charge in [0.25, 0.3) is 6.73 Å². The van der Waals surface area contributed by atoms with E-state index in [-0.39, 0.29) is 0 Å². The lowest BCUT2D eigenvalue weighted by atomic mass is 10.1. The number of unbranched alkanes of at least 4 members (excludes halogenated alkanes) is 9. The fraction of sp³-hybridized carbons (Fsp3) is 0.750. The fourth-order valence-electron chi connectivity index (χ4n) is 2.67. The largest absolute Gasteiger partial charge is 0.323 e. The molecule has 0 saturated heterocycles. The fourth-order valence-corrected chi connectivity index (χ4v) is 2.67. The van der Waals surface area contributed by atoms with Crippen molar-refractivity contribution in [3.63, 3.8) is 0 Å². The molecule has 2 nitrogen and oxygen atoms in total.